The molecule has 13 heavy (non-hydrogen) atoms. The molecule has 0 aliphatic carbocycles. The van der Waals surface area contributed by atoms with Crippen LogP contribution in [0.3, 0.4) is 0 Å². The normalized spacial score (nSPS) is 11.9. The quantitative estimate of drug-likeness (QED) is 0.534. The van der Waals surface area contributed by atoms with Crippen LogP contribution in [0.2, 0.25) is 0 Å². The zero-order valence-electron chi connectivity index (χ0n) is 8.12. The minimum absolute atomic E-state index is 0.00749. The second-order valence-electron chi connectivity index (χ2n) is 2.55. The molecule has 76 valence electrons. The molecular weight excluding hydrogens is 190 g/mol. The number of hydrogen-bond donors (Lipinski definition) is 1. The van der Waals surface area contributed by atoms with Crippen LogP contribution in [-0.2, 0) is 14.3 Å². The van der Waals surface area contributed by atoms with Crippen LogP contribution in [0, 0.1) is 0 Å². The molecule has 0 fully saturated rings. The maximum absolute atomic E-state index is 11.0. The van der Waals surface area contributed by atoms with Crippen molar-refractivity contribution in [3.8, 4) is 0 Å². The van der Waals surface area contributed by atoms with Gasteiger partial charge in [0.25, 0.3) is 0 Å². The van der Waals surface area contributed by atoms with Gasteiger partial charge in [0.2, 0.25) is 0 Å². The number of esters is 1. The molecule has 0 radical (unpaired) electrons. The van der Waals surface area contributed by atoms with Crippen LogP contribution in [-0.4, -0.2) is 36.5 Å². The van der Waals surface area contributed by atoms with E-state index in [0.717, 1.165) is 5.75 Å². The average molecular weight is 205 g/mol. The number of nitrogens with one attached hydrogen (secondary N) is 1. The molecule has 0 aliphatic heterocycles. The van der Waals surface area contributed by atoms with Gasteiger partial charge in [0, 0.05) is 11.8 Å². The minimum Gasteiger partial charge on any atom is -0.459 e. The van der Waals surface area contributed by atoms with Crippen molar-refractivity contribution < 1.29 is 14.3 Å². The molecule has 0 aromatic rings. The van der Waals surface area contributed by atoms with Crippen LogP contribution in [0.1, 0.15) is 13.8 Å². The first kappa shape index (κ1) is 12.3. The van der Waals surface area contributed by atoms with Gasteiger partial charge in [-0.05, 0) is 20.1 Å². The zero-order chi connectivity index (χ0) is 10.3. The molecule has 1 unspecified atom stereocenters. The number of amides is 1. The lowest BCUT2D eigenvalue weighted by atomic mass is 10.4. The number of rotatable bonds is 4. The fourth-order valence-corrected chi connectivity index (χ4v) is 1.35. The predicted molar refractivity (Wildman–Crippen MR) is 52.6 cm³/mol. The van der Waals surface area contributed by atoms with Crippen molar-refractivity contribution in [2.24, 2.45) is 0 Å². The molecular formula is C8H15NO3S. The Morgan fingerprint density at radius 1 is 1.54 bits per heavy atom. The first-order valence-corrected chi connectivity index (χ1v) is 5.47. The average Bonchev–Trinajstić information content (AvgIpc) is 2.05. The van der Waals surface area contributed by atoms with E-state index >= 15 is 0 Å². The second kappa shape index (κ2) is 6.77. The van der Waals surface area contributed by atoms with Gasteiger partial charge in [-0.3, -0.25) is 4.79 Å². The van der Waals surface area contributed by atoms with Crippen LogP contribution >= 0.6 is 11.8 Å². The molecule has 0 aromatic carbocycles. The first-order valence-electron chi connectivity index (χ1n) is 4.08. The van der Waals surface area contributed by atoms with Crippen LogP contribution in [0.15, 0.2) is 0 Å². The highest BCUT2D eigenvalue weighted by Gasteiger charge is 2.16. The number of carbonyl (C=O) groups excluding carboxylic acids is 2. The highest BCUT2D eigenvalue weighted by molar-refractivity contribution is 7.98. The van der Waals surface area contributed by atoms with E-state index in [1.165, 1.54) is 0 Å². The molecule has 5 heteroatoms. The van der Waals surface area contributed by atoms with Gasteiger partial charge in [-0.2, -0.15) is 11.8 Å². The van der Waals surface area contributed by atoms with E-state index in [1.807, 2.05) is 13.2 Å². The van der Waals surface area contributed by atoms with E-state index < -0.39 is 11.9 Å². The minimum atomic E-state index is -0.810. The van der Waals surface area contributed by atoms with Gasteiger partial charge in [0.1, 0.15) is 0 Å². The van der Waals surface area contributed by atoms with Crippen LogP contribution < -0.4 is 5.32 Å². The summed E-state index contributed by atoms with van der Waals surface area (Å²) >= 11 is 1.61. The summed E-state index contributed by atoms with van der Waals surface area (Å²) in [6.07, 6.45) is 1.94. The SMILES string of the molecule is CCOC(=O)C(=O)NC(C)CSC. The van der Waals surface area contributed by atoms with Crippen molar-refractivity contribution in [3.63, 3.8) is 0 Å². The van der Waals surface area contributed by atoms with E-state index in [0.29, 0.717) is 0 Å². The third kappa shape index (κ3) is 5.52. The summed E-state index contributed by atoms with van der Waals surface area (Å²) in [6, 6.07) is -0.00749. The van der Waals surface area contributed by atoms with Gasteiger partial charge < -0.3 is 10.1 Å². The number of hydrogen-bond acceptors (Lipinski definition) is 4. The van der Waals surface area contributed by atoms with Gasteiger partial charge in [-0.1, -0.05) is 0 Å². The van der Waals surface area contributed by atoms with Crippen molar-refractivity contribution >= 4 is 23.6 Å². The molecule has 4 nitrogen and oxygen atoms in total. The van der Waals surface area contributed by atoms with E-state index in [1.54, 1.807) is 18.7 Å². The summed E-state index contributed by atoms with van der Waals surface area (Å²) < 4.78 is 4.52. The summed E-state index contributed by atoms with van der Waals surface area (Å²) in [5.74, 6) is -0.690. The Hall–Kier alpha value is -0.710. The van der Waals surface area contributed by atoms with Gasteiger partial charge >= 0.3 is 11.9 Å². The molecule has 0 aliphatic rings. The van der Waals surface area contributed by atoms with Gasteiger partial charge in [0.05, 0.1) is 6.61 Å². The number of carbonyl (C=O) groups is 2. The van der Waals surface area contributed by atoms with Crippen molar-refractivity contribution in [2.75, 3.05) is 18.6 Å². The summed E-state index contributed by atoms with van der Waals surface area (Å²) in [5.41, 5.74) is 0. The van der Waals surface area contributed by atoms with Crippen LogP contribution in [0.25, 0.3) is 0 Å². The van der Waals surface area contributed by atoms with Crippen molar-refractivity contribution in [1.29, 1.82) is 0 Å². The topological polar surface area (TPSA) is 55.4 Å². The Morgan fingerprint density at radius 3 is 2.62 bits per heavy atom. The second-order valence-corrected chi connectivity index (χ2v) is 3.46. The number of ether oxygens (including phenoxy) is 1. The van der Waals surface area contributed by atoms with Gasteiger partial charge in [0.15, 0.2) is 0 Å². The maximum Gasteiger partial charge on any atom is 0.396 e. The molecule has 1 amide bonds. The molecule has 0 saturated heterocycles. The third-order valence-corrected chi connectivity index (χ3v) is 2.09. The molecule has 1 N–H and O–H groups in total. The van der Waals surface area contributed by atoms with Crippen LogP contribution in [0.5, 0.6) is 0 Å². The Labute approximate surface area is 82.4 Å². The Morgan fingerprint density at radius 2 is 2.15 bits per heavy atom. The van der Waals surface area contributed by atoms with Crippen molar-refractivity contribution in [3.05, 3.63) is 0 Å². The lowest BCUT2D eigenvalue weighted by Crippen LogP contribution is -2.39. The van der Waals surface area contributed by atoms with Crippen LogP contribution in [0.4, 0.5) is 0 Å². The molecule has 1 atom stereocenters. The molecule has 0 heterocycles. The Bertz CT molecular complexity index is 184. The lowest BCUT2D eigenvalue weighted by Gasteiger charge is -2.10. The highest BCUT2D eigenvalue weighted by atomic mass is 32.2. The van der Waals surface area contributed by atoms with Crippen molar-refractivity contribution in [2.45, 2.75) is 19.9 Å². The van der Waals surface area contributed by atoms with E-state index in [-0.39, 0.29) is 12.6 Å². The fraction of sp³-hybridized carbons (Fsp3) is 0.750. The standard InChI is InChI=1S/C8H15NO3S/c1-4-12-8(11)7(10)9-6(2)5-13-3/h6H,4-5H2,1-3H3,(H,9,10). The fourth-order valence-electron chi connectivity index (χ4n) is 0.771. The molecule has 0 spiro atoms. The predicted octanol–water partition coefficient (Wildman–Crippen LogP) is 0.417. The molecule has 0 bridgehead atoms. The molecule has 0 aromatic heterocycles. The van der Waals surface area contributed by atoms with Gasteiger partial charge in [-0.15, -0.1) is 0 Å². The van der Waals surface area contributed by atoms with E-state index in [9.17, 15) is 9.59 Å². The maximum atomic E-state index is 11.0. The summed E-state index contributed by atoms with van der Waals surface area (Å²) in [4.78, 5) is 21.9. The monoisotopic (exact) mass is 205 g/mol. The Balaban J connectivity index is 3.78. The largest absolute Gasteiger partial charge is 0.459 e. The van der Waals surface area contributed by atoms with Crippen molar-refractivity contribution in [1.82, 2.24) is 5.32 Å². The molecule has 0 rings (SSSR count). The number of thioether (sulfide) groups is 1. The van der Waals surface area contributed by atoms with E-state index in [4.69, 9.17) is 0 Å². The first-order chi connectivity index (χ1) is 6.11. The highest BCUT2D eigenvalue weighted by Crippen LogP contribution is 1.95. The third-order valence-electron chi connectivity index (χ3n) is 1.25. The van der Waals surface area contributed by atoms with E-state index in [2.05, 4.69) is 10.1 Å². The zero-order valence-corrected chi connectivity index (χ0v) is 8.94. The van der Waals surface area contributed by atoms with Gasteiger partial charge in [-0.25, -0.2) is 4.79 Å². The summed E-state index contributed by atoms with van der Waals surface area (Å²) in [5, 5.41) is 2.53. The summed E-state index contributed by atoms with van der Waals surface area (Å²) in [7, 11) is 0. The lowest BCUT2D eigenvalue weighted by molar-refractivity contribution is -0.154. The Kier molecular flexibility index (Phi) is 6.40. The molecule has 0 saturated carbocycles. The summed E-state index contributed by atoms with van der Waals surface area (Å²) in [6.45, 7) is 3.73. The smallest absolute Gasteiger partial charge is 0.396 e.